The SMILES string of the molecule is CCCc1cc(CCl)cc(N(CCC)CC2CC2)n1. The van der Waals surface area contributed by atoms with Crippen LogP contribution >= 0.6 is 11.6 Å². The fourth-order valence-corrected chi connectivity index (χ4v) is 2.59. The molecular weight excluding hydrogens is 256 g/mol. The van der Waals surface area contributed by atoms with Crippen LogP contribution < -0.4 is 4.90 Å². The van der Waals surface area contributed by atoms with E-state index in [0.29, 0.717) is 5.88 Å². The molecule has 106 valence electrons. The predicted octanol–water partition coefficient (Wildman–Crippen LogP) is 4.40. The lowest BCUT2D eigenvalue weighted by Crippen LogP contribution is -2.27. The van der Waals surface area contributed by atoms with Crippen LogP contribution in [0, 0.1) is 5.92 Å². The number of pyridine rings is 1. The molecule has 2 rings (SSSR count). The number of halogens is 1. The molecule has 1 aromatic heterocycles. The Morgan fingerprint density at radius 1 is 1.26 bits per heavy atom. The van der Waals surface area contributed by atoms with E-state index in [2.05, 4.69) is 30.9 Å². The first-order valence-electron chi connectivity index (χ1n) is 7.57. The van der Waals surface area contributed by atoms with Crippen LogP contribution in [0.2, 0.25) is 0 Å². The van der Waals surface area contributed by atoms with Crippen molar-refractivity contribution >= 4 is 17.4 Å². The molecule has 1 aliphatic carbocycles. The molecular formula is C16H25ClN2. The number of hydrogen-bond donors (Lipinski definition) is 0. The Bertz CT molecular complexity index is 402. The average molecular weight is 281 g/mol. The van der Waals surface area contributed by atoms with Gasteiger partial charge in [0.15, 0.2) is 0 Å². The Hall–Kier alpha value is -0.760. The number of anilines is 1. The number of rotatable bonds is 8. The zero-order chi connectivity index (χ0) is 13.7. The molecule has 2 nitrogen and oxygen atoms in total. The van der Waals surface area contributed by atoms with Gasteiger partial charge in [-0.05, 0) is 49.3 Å². The standard InChI is InChI=1S/C16H25ClN2/c1-3-5-15-9-14(11-17)10-16(18-15)19(8-4-2)12-13-6-7-13/h9-10,13H,3-8,11-12H2,1-2H3. The summed E-state index contributed by atoms with van der Waals surface area (Å²) in [5.41, 5.74) is 2.39. The van der Waals surface area contributed by atoms with E-state index in [9.17, 15) is 0 Å². The van der Waals surface area contributed by atoms with Gasteiger partial charge in [0, 0.05) is 24.7 Å². The van der Waals surface area contributed by atoms with Crippen LogP contribution in [0.15, 0.2) is 12.1 Å². The van der Waals surface area contributed by atoms with Gasteiger partial charge < -0.3 is 4.90 Å². The summed E-state index contributed by atoms with van der Waals surface area (Å²) in [6.45, 7) is 6.69. The highest BCUT2D eigenvalue weighted by Crippen LogP contribution is 2.31. The van der Waals surface area contributed by atoms with Crippen LogP contribution in [-0.2, 0) is 12.3 Å². The third kappa shape index (κ3) is 4.38. The Labute approximate surface area is 122 Å². The molecule has 0 N–H and O–H groups in total. The summed E-state index contributed by atoms with van der Waals surface area (Å²) in [6, 6.07) is 4.32. The third-order valence-electron chi connectivity index (χ3n) is 3.58. The molecule has 0 saturated heterocycles. The van der Waals surface area contributed by atoms with Crippen molar-refractivity contribution in [3.8, 4) is 0 Å². The van der Waals surface area contributed by atoms with Crippen molar-refractivity contribution in [3.63, 3.8) is 0 Å². The monoisotopic (exact) mass is 280 g/mol. The fourth-order valence-electron chi connectivity index (χ4n) is 2.44. The minimum atomic E-state index is 0.579. The smallest absolute Gasteiger partial charge is 0.129 e. The molecule has 3 heteroatoms. The second-order valence-corrected chi connectivity index (χ2v) is 5.87. The van der Waals surface area contributed by atoms with Crippen molar-refractivity contribution in [1.29, 1.82) is 0 Å². The molecule has 1 heterocycles. The number of alkyl halides is 1. The van der Waals surface area contributed by atoms with Gasteiger partial charge in [-0.1, -0.05) is 20.3 Å². The first-order valence-corrected chi connectivity index (χ1v) is 8.11. The molecule has 0 radical (unpaired) electrons. The Morgan fingerprint density at radius 3 is 2.63 bits per heavy atom. The molecule has 1 fully saturated rings. The van der Waals surface area contributed by atoms with E-state index in [0.717, 1.165) is 37.7 Å². The summed E-state index contributed by atoms with van der Waals surface area (Å²) >= 11 is 6.02. The molecule has 0 amide bonds. The van der Waals surface area contributed by atoms with Gasteiger partial charge in [0.2, 0.25) is 0 Å². The van der Waals surface area contributed by atoms with Crippen LogP contribution in [0.3, 0.4) is 0 Å². The van der Waals surface area contributed by atoms with Gasteiger partial charge >= 0.3 is 0 Å². The molecule has 1 aliphatic rings. The summed E-state index contributed by atoms with van der Waals surface area (Å²) < 4.78 is 0. The van der Waals surface area contributed by atoms with Gasteiger partial charge in [-0.3, -0.25) is 0 Å². The zero-order valence-corrected chi connectivity index (χ0v) is 12.9. The highest BCUT2D eigenvalue weighted by molar-refractivity contribution is 6.17. The van der Waals surface area contributed by atoms with Crippen molar-refractivity contribution in [2.75, 3.05) is 18.0 Å². The first kappa shape index (κ1) is 14.6. The largest absolute Gasteiger partial charge is 0.356 e. The lowest BCUT2D eigenvalue weighted by Gasteiger charge is -2.24. The van der Waals surface area contributed by atoms with Crippen LogP contribution in [0.1, 0.15) is 50.8 Å². The fraction of sp³-hybridized carbons (Fsp3) is 0.688. The zero-order valence-electron chi connectivity index (χ0n) is 12.2. The minimum Gasteiger partial charge on any atom is -0.356 e. The van der Waals surface area contributed by atoms with Gasteiger partial charge in [0.1, 0.15) is 5.82 Å². The van der Waals surface area contributed by atoms with E-state index in [4.69, 9.17) is 16.6 Å². The average Bonchev–Trinajstić information content (AvgIpc) is 3.22. The molecule has 0 aliphatic heterocycles. The van der Waals surface area contributed by atoms with Crippen molar-refractivity contribution in [3.05, 3.63) is 23.4 Å². The molecule has 1 aromatic rings. The predicted molar refractivity (Wildman–Crippen MR) is 83.0 cm³/mol. The molecule has 0 atom stereocenters. The summed E-state index contributed by atoms with van der Waals surface area (Å²) in [5, 5.41) is 0. The molecule has 0 aromatic carbocycles. The van der Waals surface area contributed by atoms with Gasteiger partial charge in [0.05, 0.1) is 0 Å². The van der Waals surface area contributed by atoms with Crippen molar-refractivity contribution in [2.24, 2.45) is 5.92 Å². The van der Waals surface area contributed by atoms with Gasteiger partial charge in [0.25, 0.3) is 0 Å². The topological polar surface area (TPSA) is 16.1 Å². The second-order valence-electron chi connectivity index (χ2n) is 5.60. The van der Waals surface area contributed by atoms with E-state index < -0.39 is 0 Å². The number of aryl methyl sites for hydroxylation is 1. The Balaban J connectivity index is 2.19. The maximum Gasteiger partial charge on any atom is 0.129 e. The lowest BCUT2D eigenvalue weighted by atomic mass is 10.1. The highest BCUT2D eigenvalue weighted by atomic mass is 35.5. The maximum atomic E-state index is 6.02. The van der Waals surface area contributed by atoms with Crippen molar-refractivity contribution in [2.45, 2.75) is 51.8 Å². The molecule has 1 saturated carbocycles. The van der Waals surface area contributed by atoms with E-state index in [1.54, 1.807) is 0 Å². The highest BCUT2D eigenvalue weighted by Gasteiger charge is 2.24. The van der Waals surface area contributed by atoms with Crippen LogP contribution in [-0.4, -0.2) is 18.1 Å². The summed E-state index contributed by atoms with van der Waals surface area (Å²) in [6.07, 6.45) is 6.12. The molecule has 0 spiro atoms. The van der Waals surface area contributed by atoms with E-state index in [-0.39, 0.29) is 0 Å². The van der Waals surface area contributed by atoms with Gasteiger partial charge in [-0.25, -0.2) is 4.98 Å². The lowest BCUT2D eigenvalue weighted by molar-refractivity contribution is 0.695. The van der Waals surface area contributed by atoms with Crippen LogP contribution in [0.25, 0.3) is 0 Å². The van der Waals surface area contributed by atoms with E-state index in [1.807, 2.05) is 0 Å². The van der Waals surface area contributed by atoms with Gasteiger partial charge in [-0.2, -0.15) is 0 Å². The van der Waals surface area contributed by atoms with Crippen molar-refractivity contribution in [1.82, 2.24) is 4.98 Å². The quantitative estimate of drug-likeness (QED) is 0.656. The molecule has 0 bridgehead atoms. The first-order chi connectivity index (χ1) is 9.26. The summed E-state index contributed by atoms with van der Waals surface area (Å²) in [5.74, 6) is 2.60. The van der Waals surface area contributed by atoms with Crippen LogP contribution in [0.4, 0.5) is 5.82 Å². The number of hydrogen-bond acceptors (Lipinski definition) is 2. The van der Waals surface area contributed by atoms with E-state index in [1.165, 1.54) is 30.5 Å². The summed E-state index contributed by atoms with van der Waals surface area (Å²) in [7, 11) is 0. The molecule has 0 unspecified atom stereocenters. The normalized spacial score (nSPS) is 14.7. The van der Waals surface area contributed by atoms with Crippen LogP contribution in [0.5, 0.6) is 0 Å². The second kappa shape index (κ2) is 7.14. The van der Waals surface area contributed by atoms with Crippen molar-refractivity contribution < 1.29 is 0 Å². The van der Waals surface area contributed by atoms with Gasteiger partial charge in [-0.15, -0.1) is 11.6 Å². The number of aromatic nitrogens is 1. The Morgan fingerprint density at radius 2 is 2.05 bits per heavy atom. The summed E-state index contributed by atoms with van der Waals surface area (Å²) in [4.78, 5) is 7.29. The Kier molecular flexibility index (Phi) is 5.50. The van der Waals surface area contributed by atoms with E-state index >= 15 is 0 Å². The number of nitrogens with zero attached hydrogens (tertiary/aromatic N) is 2. The minimum absolute atomic E-state index is 0.579. The maximum absolute atomic E-state index is 6.02. The molecule has 19 heavy (non-hydrogen) atoms. The third-order valence-corrected chi connectivity index (χ3v) is 3.89.